The Morgan fingerprint density at radius 2 is 1.79 bits per heavy atom. The Morgan fingerprint density at radius 3 is 2.42 bits per heavy atom. The summed E-state index contributed by atoms with van der Waals surface area (Å²) < 4.78 is 0. The van der Waals surface area contributed by atoms with Crippen molar-refractivity contribution in [2.75, 3.05) is 31.6 Å². The van der Waals surface area contributed by atoms with Gasteiger partial charge < -0.3 is 10.2 Å². The number of anilines is 1. The van der Waals surface area contributed by atoms with E-state index in [1.807, 2.05) is 54.1 Å². The van der Waals surface area contributed by atoms with Gasteiger partial charge in [0.15, 0.2) is 5.82 Å². The number of aromatic nitrogens is 3. The van der Waals surface area contributed by atoms with Gasteiger partial charge in [-0.3, -0.25) is 19.7 Å². The first-order valence-electron chi connectivity index (χ1n) is 13.3. The maximum absolute atomic E-state index is 13.5. The van der Waals surface area contributed by atoms with Crippen LogP contribution in [0.25, 0.3) is 11.4 Å². The lowest BCUT2D eigenvalue weighted by Gasteiger charge is -2.32. The van der Waals surface area contributed by atoms with Crippen molar-refractivity contribution in [3.8, 4) is 11.4 Å². The first kappa shape index (κ1) is 27.3. The van der Waals surface area contributed by atoms with E-state index >= 15 is 0 Å². The van der Waals surface area contributed by atoms with E-state index in [1.165, 1.54) is 11.1 Å². The van der Waals surface area contributed by atoms with Crippen LogP contribution in [0.4, 0.5) is 5.69 Å². The molecule has 0 fully saturated rings. The highest BCUT2D eigenvalue weighted by atomic mass is 16.2. The molecular weight excluding hydrogens is 478 g/mol. The molecule has 0 bridgehead atoms. The molecule has 1 aliphatic heterocycles. The summed E-state index contributed by atoms with van der Waals surface area (Å²) in [5.41, 5.74) is 5.07. The second kappa shape index (κ2) is 12.2. The van der Waals surface area contributed by atoms with Crippen molar-refractivity contribution >= 4 is 17.5 Å². The summed E-state index contributed by atoms with van der Waals surface area (Å²) in [6, 6.07) is 14.2. The van der Waals surface area contributed by atoms with Crippen LogP contribution in [-0.4, -0.2) is 63.7 Å². The molecule has 9 heteroatoms. The molecule has 0 aliphatic carbocycles. The molecule has 4 rings (SSSR count). The fourth-order valence-electron chi connectivity index (χ4n) is 4.71. The van der Waals surface area contributed by atoms with E-state index in [0.717, 1.165) is 35.5 Å². The van der Waals surface area contributed by atoms with E-state index in [2.05, 4.69) is 46.5 Å². The van der Waals surface area contributed by atoms with Crippen LogP contribution in [-0.2, 0) is 22.7 Å². The van der Waals surface area contributed by atoms with Crippen molar-refractivity contribution in [1.82, 2.24) is 30.5 Å². The molecule has 0 atom stereocenters. The van der Waals surface area contributed by atoms with Gasteiger partial charge in [0.05, 0.1) is 13.1 Å². The highest BCUT2D eigenvalue weighted by molar-refractivity contribution is 5.87. The summed E-state index contributed by atoms with van der Waals surface area (Å²) in [7, 11) is 1.80. The number of amides is 2. The Labute approximate surface area is 225 Å². The van der Waals surface area contributed by atoms with Gasteiger partial charge in [0.2, 0.25) is 5.91 Å². The summed E-state index contributed by atoms with van der Waals surface area (Å²) in [5.74, 6) is 1.72. The Kier molecular flexibility index (Phi) is 8.78. The number of benzene rings is 2. The number of aromatic amines is 1. The summed E-state index contributed by atoms with van der Waals surface area (Å²) in [5, 5.41) is 13.9. The highest BCUT2D eigenvalue weighted by Gasteiger charge is 2.27. The van der Waals surface area contributed by atoms with Gasteiger partial charge in [-0.05, 0) is 55.4 Å². The normalized spacial score (nSPS) is 13.0. The number of nitrogens with zero attached hydrogens (tertiary/aromatic N) is 5. The van der Waals surface area contributed by atoms with Crippen molar-refractivity contribution in [1.29, 1.82) is 0 Å². The van der Waals surface area contributed by atoms with E-state index in [1.54, 1.807) is 12.1 Å². The summed E-state index contributed by atoms with van der Waals surface area (Å²) in [4.78, 5) is 32.8. The zero-order valence-corrected chi connectivity index (χ0v) is 23.1. The largest absolute Gasteiger partial charge is 0.355 e. The third kappa shape index (κ3) is 6.77. The van der Waals surface area contributed by atoms with Gasteiger partial charge in [-0.15, -0.1) is 0 Å². The fraction of sp³-hybridized carbons (Fsp3) is 0.448. The summed E-state index contributed by atoms with van der Waals surface area (Å²) in [6.07, 6.45) is 1.99. The number of carbonyl (C=O) groups is 2. The van der Waals surface area contributed by atoms with Crippen LogP contribution < -0.4 is 10.2 Å². The minimum atomic E-state index is -0.101. The topological polar surface area (TPSA) is 97.5 Å². The number of rotatable bonds is 11. The van der Waals surface area contributed by atoms with Gasteiger partial charge in [0.25, 0.3) is 5.91 Å². The molecule has 0 radical (unpaired) electrons. The number of likely N-dealkylation sites (N-methyl/N-ethyl adjacent to an activating group) is 1. The molecule has 0 saturated heterocycles. The summed E-state index contributed by atoms with van der Waals surface area (Å²) in [6.45, 7) is 10.3. The average Bonchev–Trinajstić information content (AvgIpc) is 3.52. The molecule has 202 valence electrons. The average molecular weight is 518 g/mol. The molecule has 2 aromatic carbocycles. The Balaban J connectivity index is 1.52. The molecule has 1 aliphatic rings. The number of H-pyrrole nitrogens is 1. The minimum Gasteiger partial charge on any atom is -0.355 e. The number of carbonyl (C=O) groups excluding carboxylic acids is 2. The lowest BCUT2D eigenvalue weighted by molar-refractivity contribution is -0.145. The molecule has 2 N–H and O–H groups in total. The van der Waals surface area contributed by atoms with Crippen LogP contribution in [0.5, 0.6) is 0 Å². The quantitative estimate of drug-likeness (QED) is 0.375. The van der Waals surface area contributed by atoms with Gasteiger partial charge in [-0.1, -0.05) is 50.2 Å². The van der Waals surface area contributed by atoms with Gasteiger partial charge in [-0.25, -0.2) is 9.99 Å². The minimum absolute atomic E-state index is 0.0695. The van der Waals surface area contributed by atoms with Crippen molar-refractivity contribution in [2.45, 2.75) is 53.6 Å². The summed E-state index contributed by atoms with van der Waals surface area (Å²) >= 11 is 0. The van der Waals surface area contributed by atoms with E-state index in [0.29, 0.717) is 31.4 Å². The monoisotopic (exact) mass is 517 g/mol. The number of hydrazine groups is 1. The maximum Gasteiger partial charge on any atom is 0.256 e. The van der Waals surface area contributed by atoms with Crippen LogP contribution in [0.1, 0.15) is 49.2 Å². The van der Waals surface area contributed by atoms with E-state index in [-0.39, 0.29) is 24.9 Å². The second-order valence-electron chi connectivity index (χ2n) is 10.5. The van der Waals surface area contributed by atoms with E-state index in [4.69, 9.17) is 0 Å². The van der Waals surface area contributed by atoms with Gasteiger partial charge in [0.1, 0.15) is 5.82 Å². The number of hydrogen-bond acceptors (Lipinski definition) is 6. The van der Waals surface area contributed by atoms with E-state index < -0.39 is 0 Å². The Morgan fingerprint density at radius 1 is 1.08 bits per heavy atom. The predicted molar refractivity (Wildman–Crippen MR) is 149 cm³/mol. The second-order valence-corrected chi connectivity index (χ2v) is 10.5. The molecule has 1 aromatic heterocycles. The zero-order valence-electron chi connectivity index (χ0n) is 23.1. The molecule has 2 amide bonds. The molecule has 0 spiro atoms. The lowest BCUT2D eigenvalue weighted by atomic mass is 10.1. The van der Waals surface area contributed by atoms with Crippen molar-refractivity contribution in [3.05, 3.63) is 65.0 Å². The van der Waals surface area contributed by atoms with Crippen LogP contribution in [0.15, 0.2) is 42.5 Å². The molecule has 0 unspecified atom stereocenters. The van der Waals surface area contributed by atoms with Gasteiger partial charge in [-0.2, -0.15) is 5.10 Å². The number of fused-ring (bicyclic) bond motifs is 1. The van der Waals surface area contributed by atoms with E-state index in [9.17, 15) is 9.59 Å². The first-order valence-corrected chi connectivity index (χ1v) is 13.3. The van der Waals surface area contributed by atoms with Crippen molar-refractivity contribution in [2.24, 2.45) is 5.92 Å². The number of nitrogens with one attached hydrogen (secondary N) is 2. The molecule has 9 nitrogen and oxygen atoms in total. The zero-order chi connectivity index (χ0) is 27.2. The SMILES string of the molecule is Cc1nc(-c2ccc(C)c(N(CC(=O)NCCCC(C)C)CC(=O)N(C)N3Cc4ccccc4C3)c2)n[nH]1. The van der Waals surface area contributed by atoms with Crippen LogP contribution in [0.2, 0.25) is 0 Å². The van der Waals surface area contributed by atoms with Crippen molar-refractivity contribution < 1.29 is 9.59 Å². The van der Waals surface area contributed by atoms with Crippen molar-refractivity contribution in [3.63, 3.8) is 0 Å². The molecule has 2 heterocycles. The van der Waals surface area contributed by atoms with Crippen LogP contribution >= 0.6 is 0 Å². The fourth-order valence-corrected chi connectivity index (χ4v) is 4.71. The number of hydrogen-bond donors (Lipinski definition) is 2. The smallest absolute Gasteiger partial charge is 0.256 e. The Hall–Kier alpha value is -3.72. The van der Waals surface area contributed by atoms with Gasteiger partial charge in [0, 0.05) is 37.9 Å². The standard InChI is InChI=1S/C29H39N7O2/c1-20(2)9-8-14-30-27(37)18-35(26-15-23(13-12-21(26)3)29-31-22(4)32-33-29)19-28(38)34(5)36-16-24-10-6-7-11-25(24)17-36/h6-7,10-13,15,20H,8-9,14,16-19H2,1-5H3,(H,30,37)(H,31,32,33). The lowest BCUT2D eigenvalue weighted by Crippen LogP contribution is -2.48. The Bertz CT molecular complexity index is 1240. The third-order valence-electron chi connectivity index (χ3n) is 6.96. The predicted octanol–water partition coefficient (Wildman–Crippen LogP) is 3.84. The molecule has 0 saturated carbocycles. The number of aryl methyl sites for hydroxylation is 2. The molecule has 3 aromatic rings. The molecular formula is C29H39N7O2. The third-order valence-corrected chi connectivity index (χ3v) is 6.96. The first-order chi connectivity index (χ1) is 18.2. The highest BCUT2D eigenvalue weighted by Crippen LogP contribution is 2.27. The van der Waals surface area contributed by atoms with Gasteiger partial charge >= 0.3 is 0 Å². The maximum atomic E-state index is 13.5. The van der Waals surface area contributed by atoms with Crippen LogP contribution in [0, 0.1) is 19.8 Å². The molecule has 38 heavy (non-hydrogen) atoms. The van der Waals surface area contributed by atoms with Crippen LogP contribution in [0.3, 0.4) is 0 Å².